The van der Waals surface area contributed by atoms with Gasteiger partial charge in [0, 0.05) is 19.2 Å². The molecule has 6 nitrogen and oxygen atoms in total. The van der Waals surface area contributed by atoms with E-state index < -0.39 is 17.7 Å². The maximum Gasteiger partial charge on any atom is 0.295 e. The van der Waals surface area contributed by atoms with E-state index in [1.54, 1.807) is 12.1 Å². The first kappa shape index (κ1) is 24.8. The highest BCUT2D eigenvalue weighted by Gasteiger charge is 2.46. The SMILES string of the molecule is CCOc1ccc(/C(O)=C2\C(=O)C(=O)N(CCOC)C2c2ccc(C(C)(C)C)cc2)cc1Cl. The lowest BCUT2D eigenvalue weighted by Gasteiger charge is -2.26. The summed E-state index contributed by atoms with van der Waals surface area (Å²) >= 11 is 6.30. The molecule has 0 aromatic heterocycles. The number of benzene rings is 2. The molecular formula is C26H30ClNO5. The summed E-state index contributed by atoms with van der Waals surface area (Å²) in [5, 5.41) is 11.5. The fraction of sp³-hybridized carbons (Fsp3) is 0.385. The minimum Gasteiger partial charge on any atom is -0.507 e. The summed E-state index contributed by atoms with van der Waals surface area (Å²) in [7, 11) is 1.53. The van der Waals surface area contributed by atoms with Gasteiger partial charge in [-0.25, -0.2) is 0 Å². The van der Waals surface area contributed by atoms with Crippen molar-refractivity contribution in [2.45, 2.75) is 39.2 Å². The van der Waals surface area contributed by atoms with Crippen LogP contribution in [0.15, 0.2) is 48.0 Å². The van der Waals surface area contributed by atoms with Crippen LogP contribution in [0.25, 0.3) is 5.76 Å². The molecule has 176 valence electrons. The molecule has 1 aliphatic rings. The van der Waals surface area contributed by atoms with E-state index >= 15 is 0 Å². The smallest absolute Gasteiger partial charge is 0.295 e. The first-order valence-electron chi connectivity index (χ1n) is 10.9. The minimum absolute atomic E-state index is 0.0276. The minimum atomic E-state index is -0.737. The molecule has 0 radical (unpaired) electrons. The van der Waals surface area contributed by atoms with Crippen molar-refractivity contribution in [2.24, 2.45) is 0 Å². The zero-order valence-corrected chi connectivity index (χ0v) is 20.4. The number of carbonyl (C=O) groups is 2. The second-order valence-electron chi connectivity index (χ2n) is 8.94. The van der Waals surface area contributed by atoms with Gasteiger partial charge in [0.15, 0.2) is 0 Å². The Morgan fingerprint density at radius 3 is 2.33 bits per heavy atom. The molecule has 1 aliphatic heterocycles. The standard InChI is InChI=1S/C26H30ClNO5/c1-6-33-20-12-9-17(15-19(20)27)23(29)21-22(28(13-14-32-5)25(31)24(21)30)16-7-10-18(11-8-16)26(2,3)4/h7-12,15,22,29H,6,13-14H2,1-5H3/b23-21+. The number of hydrogen-bond donors (Lipinski definition) is 1. The molecule has 1 amide bonds. The highest BCUT2D eigenvalue weighted by Crippen LogP contribution is 2.40. The Kier molecular flexibility index (Phi) is 7.50. The molecule has 2 aromatic carbocycles. The van der Waals surface area contributed by atoms with E-state index in [1.807, 2.05) is 31.2 Å². The van der Waals surface area contributed by atoms with Crippen molar-refractivity contribution in [3.8, 4) is 5.75 Å². The summed E-state index contributed by atoms with van der Waals surface area (Å²) in [4.78, 5) is 27.4. The Balaban J connectivity index is 2.13. The maximum absolute atomic E-state index is 13.1. The predicted molar refractivity (Wildman–Crippen MR) is 129 cm³/mol. The Labute approximate surface area is 199 Å². The molecule has 33 heavy (non-hydrogen) atoms. The van der Waals surface area contributed by atoms with Crippen LogP contribution in [0.2, 0.25) is 5.02 Å². The summed E-state index contributed by atoms with van der Waals surface area (Å²) in [6.07, 6.45) is 0. The summed E-state index contributed by atoms with van der Waals surface area (Å²) in [5.74, 6) is -1.21. The number of amides is 1. The molecule has 1 saturated heterocycles. The molecule has 1 atom stereocenters. The Bertz CT molecular complexity index is 1070. The van der Waals surface area contributed by atoms with Crippen LogP contribution in [0.5, 0.6) is 5.75 Å². The molecule has 1 fully saturated rings. The van der Waals surface area contributed by atoms with Crippen LogP contribution >= 0.6 is 11.6 Å². The van der Waals surface area contributed by atoms with Crippen LogP contribution in [0.3, 0.4) is 0 Å². The summed E-state index contributed by atoms with van der Waals surface area (Å²) in [5.41, 5.74) is 2.18. The van der Waals surface area contributed by atoms with E-state index in [9.17, 15) is 14.7 Å². The molecule has 0 saturated carbocycles. The lowest BCUT2D eigenvalue weighted by Crippen LogP contribution is -2.32. The van der Waals surface area contributed by atoms with Crippen molar-refractivity contribution in [1.82, 2.24) is 4.90 Å². The zero-order chi connectivity index (χ0) is 24.3. The van der Waals surface area contributed by atoms with Gasteiger partial charge in [0.25, 0.3) is 11.7 Å². The first-order valence-corrected chi connectivity index (χ1v) is 11.3. The monoisotopic (exact) mass is 471 g/mol. The molecule has 3 rings (SSSR count). The van der Waals surface area contributed by atoms with E-state index in [4.69, 9.17) is 21.1 Å². The van der Waals surface area contributed by atoms with Crippen LogP contribution < -0.4 is 4.74 Å². The third kappa shape index (κ3) is 5.07. The number of aliphatic hydroxyl groups is 1. The Morgan fingerprint density at radius 1 is 1.12 bits per heavy atom. The van der Waals surface area contributed by atoms with Gasteiger partial charge in [0.2, 0.25) is 0 Å². The van der Waals surface area contributed by atoms with Crippen molar-refractivity contribution >= 4 is 29.1 Å². The van der Waals surface area contributed by atoms with Gasteiger partial charge in [-0.15, -0.1) is 0 Å². The van der Waals surface area contributed by atoms with Gasteiger partial charge in [-0.3, -0.25) is 9.59 Å². The number of carbonyl (C=O) groups excluding carboxylic acids is 2. The van der Waals surface area contributed by atoms with Crippen molar-refractivity contribution in [3.63, 3.8) is 0 Å². The third-order valence-electron chi connectivity index (χ3n) is 5.67. The molecular weight excluding hydrogens is 442 g/mol. The number of hydrogen-bond acceptors (Lipinski definition) is 5. The number of nitrogens with zero attached hydrogens (tertiary/aromatic N) is 1. The topological polar surface area (TPSA) is 76.1 Å². The number of likely N-dealkylation sites (tertiary alicyclic amines) is 1. The highest BCUT2D eigenvalue weighted by atomic mass is 35.5. The molecule has 1 unspecified atom stereocenters. The van der Waals surface area contributed by atoms with Gasteiger partial charge in [-0.2, -0.15) is 0 Å². The summed E-state index contributed by atoms with van der Waals surface area (Å²) in [6, 6.07) is 11.8. The van der Waals surface area contributed by atoms with Crippen LogP contribution in [0, 0.1) is 0 Å². The van der Waals surface area contributed by atoms with Crippen LogP contribution in [0.4, 0.5) is 0 Å². The molecule has 0 spiro atoms. The second-order valence-corrected chi connectivity index (χ2v) is 9.34. The average molecular weight is 472 g/mol. The Morgan fingerprint density at radius 2 is 1.79 bits per heavy atom. The van der Waals surface area contributed by atoms with Gasteiger partial charge < -0.3 is 19.5 Å². The van der Waals surface area contributed by atoms with Gasteiger partial charge in [-0.1, -0.05) is 56.6 Å². The molecule has 1 heterocycles. The third-order valence-corrected chi connectivity index (χ3v) is 5.97. The normalized spacial score (nSPS) is 18.1. The van der Waals surface area contributed by atoms with E-state index in [2.05, 4.69) is 20.8 Å². The van der Waals surface area contributed by atoms with Crippen LogP contribution in [-0.2, 0) is 19.7 Å². The van der Waals surface area contributed by atoms with Crippen molar-refractivity contribution < 1.29 is 24.2 Å². The van der Waals surface area contributed by atoms with E-state index in [-0.39, 0.29) is 29.9 Å². The first-order chi connectivity index (χ1) is 15.6. The largest absolute Gasteiger partial charge is 0.507 e. The number of ketones is 1. The number of halogens is 1. The predicted octanol–water partition coefficient (Wildman–Crippen LogP) is 5.10. The maximum atomic E-state index is 13.1. The average Bonchev–Trinajstić information content (AvgIpc) is 3.03. The molecule has 2 aromatic rings. The molecule has 0 aliphatic carbocycles. The van der Waals surface area contributed by atoms with E-state index in [0.717, 1.165) is 11.1 Å². The van der Waals surface area contributed by atoms with Gasteiger partial charge in [0.1, 0.15) is 11.5 Å². The Hall–Kier alpha value is -2.83. The number of ether oxygens (including phenoxy) is 2. The lowest BCUT2D eigenvalue weighted by atomic mass is 9.85. The zero-order valence-electron chi connectivity index (χ0n) is 19.6. The highest BCUT2D eigenvalue weighted by molar-refractivity contribution is 6.46. The number of methoxy groups -OCH3 is 1. The van der Waals surface area contributed by atoms with E-state index in [0.29, 0.717) is 22.9 Å². The number of Topliss-reactive ketones (excluding diaryl/α,β-unsaturated/α-hetero) is 1. The quantitative estimate of drug-likeness (QED) is 0.345. The van der Waals surface area contributed by atoms with Gasteiger partial charge >= 0.3 is 0 Å². The number of rotatable bonds is 7. The van der Waals surface area contributed by atoms with Crippen molar-refractivity contribution in [3.05, 3.63) is 69.8 Å². The second kappa shape index (κ2) is 9.98. The fourth-order valence-electron chi connectivity index (χ4n) is 3.89. The summed E-state index contributed by atoms with van der Waals surface area (Å²) in [6.45, 7) is 9.11. The molecule has 0 bridgehead atoms. The van der Waals surface area contributed by atoms with Gasteiger partial charge in [0.05, 0.1) is 29.9 Å². The van der Waals surface area contributed by atoms with Crippen LogP contribution in [-0.4, -0.2) is 48.6 Å². The van der Waals surface area contributed by atoms with Crippen LogP contribution in [0.1, 0.15) is 50.4 Å². The molecule has 1 N–H and O–H groups in total. The molecule has 7 heteroatoms. The lowest BCUT2D eigenvalue weighted by molar-refractivity contribution is -0.140. The summed E-state index contributed by atoms with van der Waals surface area (Å²) < 4.78 is 10.6. The van der Waals surface area contributed by atoms with E-state index in [1.165, 1.54) is 18.1 Å². The van der Waals surface area contributed by atoms with Crippen molar-refractivity contribution in [2.75, 3.05) is 26.9 Å². The fourth-order valence-corrected chi connectivity index (χ4v) is 4.12. The van der Waals surface area contributed by atoms with Crippen molar-refractivity contribution in [1.29, 1.82) is 0 Å². The number of aliphatic hydroxyl groups excluding tert-OH is 1. The van der Waals surface area contributed by atoms with Gasteiger partial charge in [-0.05, 0) is 41.7 Å².